The van der Waals surface area contributed by atoms with E-state index in [4.69, 9.17) is 0 Å². The van der Waals surface area contributed by atoms with Crippen LogP contribution in [0.2, 0.25) is 0 Å². The lowest BCUT2D eigenvalue weighted by molar-refractivity contribution is 0.0941. The van der Waals surface area contributed by atoms with E-state index in [9.17, 15) is 4.79 Å². The molecule has 1 unspecified atom stereocenters. The van der Waals surface area contributed by atoms with Gasteiger partial charge in [0.1, 0.15) is 0 Å². The zero-order valence-electron chi connectivity index (χ0n) is 14.1. The lowest BCUT2D eigenvalue weighted by atomic mass is 10.1. The number of nitrogens with zero attached hydrogens (tertiary/aromatic N) is 2. The molecule has 0 aliphatic rings. The van der Waals surface area contributed by atoms with E-state index in [1.165, 1.54) is 11.3 Å². The molecule has 4 heteroatoms. The van der Waals surface area contributed by atoms with E-state index in [0.29, 0.717) is 12.1 Å². The third-order valence-electron chi connectivity index (χ3n) is 4.17. The molecule has 2 aromatic rings. The van der Waals surface area contributed by atoms with Crippen molar-refractivity contribution in [1.29, 1.82) is 0 Å². The van der Waals surface area contributed by atoms with E-state index in [1.54, 1.807) is 0 Å². The monoisotopic (exact) mass is 299 g/mol. The molecule has 118 valence electrons. The summed E-state index contributed by atoms with van der Waals surface area (Å²) in [5.41, 5.74) is 4.24. The molecule has 1 aromatic heterocycles. The van der Waals surface area contributed by atoms with Gasteiger partial charge in [-0.2, -0.15) is 0 Å². The van der Waals surface area contributed by atoms with Gasteiger partial charge in [0.05, 0.1) is 6.04 Å². The smallest absolute Gasteiger partial charge is 0.251 e. The van der Waals surface area contributed by atoms with Crippen LogP contribution in [0.5, 0.6) is 0 Å². The zero-order valence-corrected chi connectivity index (χ0v) is 14.1. The fourth-order valence-corrected chi connectivity index (χ4v) is 2.55. The molecule has 22 heavy (non-hydrogen) atoms. The molecule has 2 rings (SSSR count). The Hall–Kier alpha value is -2.07. The molecule has 1 heterocycles. The quantitative estimate of drug-likeness (QED) is 0.921. The summed E-state index contributed by atoms with van der Waals surface area (Å²) < 4.78 is 2.09. The van der Waals surface area contributed by atoms with Gasteiger partial charge in [0.25, 0.3) is 5.91 Å². The average Bonchev–Trinajstić information content (AvgIpc) is 2.88. The number of likely N-dealkylation sites (N-methyl/N-ethyl adjacent to an activating group) is 1. The van der Waals surface area contributed by atoms with Crippen LogP contribution in [0.4, 0.5) is 0 Å². The van der Waals surface area contributed by atoms with Crippen LogP contribution in [0.1, 0.15) is 33.2 Å². The molecule has 4 nitrogen and oxygen atoms in total. The highest BCUT2D eigenvalue weighted by Crippen LogP contribution is 2.17. The maximum atomic E-state index is 12.4. The highest BCUT2D eigenvalue weighted by Gasteiger charge is 2.18. The van der Waals surface area contributed by atoms with Crippen molar-refractivity contribution in [3.63, 3.8) is 0 Å². The topological polar surface area (TPSA) is 37.3 Å². The van der Waals surface area contributed by atoms with Gasteiger partial charge in [-0.25, -0.2) is 0 Å². The summed E-state index contributed by atoms with van der Waals surface area (Å²) in [6.45, 7) is 4.66. The number of hydrogen-bond donors (Lipinski definition) is 1. The number of nitrogens with one attached hydrogen (secondary N) is 1. The van der Waals surface area contributed by atoms with E-state index in [-0.39, 0.29) is 11.9 Å². The predicted octanol–water partition coefficient (Wildman–Crippen LogP) is 2.67. The van der Waals surface area contributed by atoms with Gasteiger partial charge in [0, 0.05) is 31.0 Å². The molecule has 0 radical (unpaired) electrons. The highest BCUT2D eigenvalue weighted by atomic mass is 16.1. The minimum atomic E-state index is -0.0239. The van der Waals surface area contributed by atoms with Crippen molar-refractivity contribution in [2.75, 3.05) is 20.6 Å². The van der Waals surface area contributed by atoms with Gasteiger partial charge in [-0.05, 0) is 63.3 Å². The number of carbonyl (C=O) groups is 1. The second-order valence-corrected chi connectivity index (χ2v) is 6.03. The van der Waals surface area contributed by atoms with E-state index >= 15 is 0 Å². The fourth-order valence-electron chi connectivity index (χ4n) is 2.55. The van der Waals surface area contributed by atoms with Gasteiger partial charge in [0.2, 0.25) is 0 Å². The van der Waals surface area contributed by atoms with Gasteiger partial charge >= 0.3 is 0 Å². The minimum Gasteiger partial charge on any atom is -0.353 e. The van der Waals surface area contributed by atoms with Crippen LogP contribution in [-0.2, 0) is 7.05 Å². The Morgan fingerprint density at radius 2 is 1.95 bits per heavy atom. The summed E-state index contributed by atoms with van der Waals surface area (Å²) in [4.78, 5) is 14.5. The van der Waals surface area contributed by atoms with E-state index in [1.807, 2.05) is 58.5 Å². The van der Waals surface area contributed by atoms with Crippen LogP contribution < -0.4 is 5.32 Å². The number of aromatic nitrogens is 1. The lowest BCUT2D eigenvalue weighted by Gasteiger charge is -2.25. The van der Waals surface area contributed by atoms with Crippen molar-refractivity contribution < 1.29 is 4.79 Å². The van der Waals surface area contributed by atoms with Gasteiger partial charge < -0.3 is 9.88 Å². The van der Waals surface area contributed by atoms with Gasteiger partial charge in [-0.3, -0.25) is 9.69 Å². The molecule has 0 spiro atoms. The van der Waals surface area contributed by atoms with E-state index in [2.05, 4.69) is 27.8 Å². The molecule has 0 fully saturated rings. The summed E-state index contributed by atoms with van der Waals surface area (Å²) in [5.74, 6) is -0.0239. The van der Waals surface area contributed by atoms with Gasteiger partial charge in [0.15, 0.2) is 0 Å². The summed E-state index contributed by atoms with van der Waals surface area (Å²) in [7, 11) is 6.08. The van der Waals surface area contributed by atoms with Crippen LogP contribution >= 0.6 is 0 Å². The molecule has 0 saturated heterocycles. The number of hydrogen-bond acceptors (Lipinski definition) is 2. The first-order chi connectivity index (χ1) is 10.4. The molecule has 0 aliphatic heterocycles. The zero-order chi connectivity index (χ0) is 16.3. The van der Waals surface area contributed by atoms with Crippen molar-refractivity contribution in [1.82, 2.24) is 14.8 Å². The maximum Gasteiger partial charge on any atom is 0.251 e. The molecule has 1 amide bonds. The molecule has 1 atom stereocenters. The number of aryl methyl sites for hydroxylation is 3. The van der Waals surface area contributed by atoms with Crippen LogP contribution in [-0.4, -0.2) is 36.0 Å². The molecule has 1 aromatic carbocycles. The van der Waals surface area contributed by atoms with Crippen LogP contribution in [0.15, 0.2) is 36.5 Å². The molecule has 0 aliphatic carbocycles. The number of amides is 1. The minimum absolute atomic E-state index is 0.0239. The third kappa shape index (κ3) is 3.57. The second-order valence-electron chi connectivity index (χ2n) is 6.03. The Morgan fingerprint density at radius 1 is 1.23 bits per heavy atom. The summed E-state index contributed by atoms with van der Waals surface area (Å²) >= 11 is 0. The van der Waals surface area contributed by atoms with Crippen LogP contribution in [0.3, 0.4) is 0 Å². The van der Waals surface area contributed by atoms with E-state index < -0.39 is 0 Å². The first-order valence-electron chi connectivity index (χ1n) is 7.53. The normalized spacial score (nSPS) is 12.5. The van der Waals surface area contributed by atoms with Crippen molar-refractivity contribution in [3.8, 4) is 0 Å². The van der Waals surface area contributed by atoms with Crippen molar-refractivity contribution in [2.45, 2.75) is 19.9 Å². The molecular weight excluding hydrogens is 274 g/mol. The Labute approximate surface area is 132 Å². The standard InChI is InChI=1S/C18H25N3O/c1-13-8-9-15(11-14(13)2)18(22)19-12-17(20(3)4)16-7-6-10-21(16)5/h6-11,17H,12H2,1-5H3,(H,19,22). The molecule has 1 N–H and O–H groups in total. The van der Waals surface area contributed by atoms with E-state index in [0.717, 1.165) is 5.56 Å². The lowest BCUT2D eigenvalue weighted by Crippen LogP contribution is -2.35. The number of rotatable bonds is 5. The van der Waals surface area contributed by atoms with Crippen molar-refractivity contribution in [3.05, 3.63) is 58.9 Å². The van der Waals surface area contributed by atoms with Crippen molar-refractivity contribution >= 4 is 5.91 Å². The van der Waals surface area contributed by atoms with Crippen LogP contribution in [0, 0.1) is 13.8 Å². The second kappa shape index (κ2) is 6.79. The SMILES string of the molecule is Cc1ccc(C(=O)NCC(c2cccn2C)N(C)C)cc1C. The maximum absolute atomic E-state index is 12.4. The summed E-state index contributed by atoms with van der Waals surface area (Å²) in [6, 6.07) is 10.1. The molecule has 0 bridgehead atoms. The van der Waals surface area contributed by atoms with Crippen LogP contribution in [0.25, 0.3) is 0 Å². The predicted molar refractivity (Wildman–Crippen MR) is 90.1 cm³/mol. The third-order valence-corrected chi connectivity index (χ3v) is 4.17. The Bertz CT molecular complexity index is 658. The largest absolute Gasteiger partial charge is 0.353 e. The Balaban J connectivity index is 2.08. The first kappa shape index (κ1) is 16.3. The highest BCUT2D eigenvalue weighted by molar-refractivity contribution is 5.94. The Morgan fingerprint density at radius 3 is 2.50 bits per heavy atom. The Kier molecular flexibility index (Phi) is 5.03. The van der Waals surface area contributed by atoms with Gasteiger partial charge in [-0.1, -0.05) is 6.07 Å². The summed E-state index contributed by atoms with van der Waals surface area (Å²) in [5, 5.41) is 3.05. The first-order valence-corrected chi connectivity index (χ1v) is 7.53. The average molecular weight is 299 g/mol. The fraction of sp³-hybridized carbons (Fsp3) is 0.389. The van der Waals surface area contributed by atoms with Crippen molar-refractivity contribution in [2.24, 2.45) is 7.05 Å². The number of benzene rings is 1. The summed E-state index contributed by atoms with van der Waals surface area (Å²) in [6.07, 6.45) is 2.02. The number of carbonyl (C=O) groups excluding carboxylic acids is 1. The molecule has 0 saturated carbocycles. The molecular formula is C18H25N3O. The van der Waals surface area contributed by atoms with Gasteiger partial charge in [-0.15, -0.1) is 0 Å².